The van der Waals surface area contributed by atoms with Gasteiger partial charge in [0, 0.05) is 48.5 Å². The predicted molar refractivity (Wildman–Crippen MR) is 141 cm³/mol. The molecule has 1 saturated heterocycles. The highest BCUT2D eigenvalue weighted by Crippen LogP contribution is 2.40. The van der Waals surface area contributed by atoms with Gasteiger partial charge in [0.1, 0.15) is 11.0 Å². The van der Waals surface area contributed by atoms with Crippen LogP contribution >= 0.6 is 35.2 Å². The Balaban J connectivity index is 1.91. The number of nitrogens with zero attached hydrogens (tertiary/aromatic N) is 3. The SMILES string of the molecule is CSNc1nc2c(-c3ccc(SN4CCNCC4)c(S(N)=O)c3/C(N)=N/NN)cccc2s1. The highest BCUT2D eigenvalue weighted by atomic mass is 32.2. The zero-order chi connectivity index (χ0) is 23.4. The largest absolute Gasteiger partial charge is 0.382 e. The van der Waals surface area contributed by atoms with Gasteiger partial charge in [0.25, 0.3) is 0 Å². The Morgan fingerprint density at radius 3 is 2.76 bits per heavy atom. The van der Waals surface area contributed by atoms with Gasteiger partial charge in [-0.05, 0) is 29.6 Å². The van der Waals surface area contributed by atoms with Gasteiger partial charge in [0.2, 0.25) is 0 Å². The van der Waals surface area contributed by atoms with Crippen molar-refractivity contribution in [2.45, 2.75) is 9.79 Å². The van der Waals surface area contributed by atoms with Crippen LogP contribution in [0.25, 0.3) is 21.3 Å². The lowest BCUT2D eigenvalue weighted by Gasteiger charge is -2.27. The molecular weight excluding hydrogens is 499 g/mol. The first-order valence-electron chi connectivity index (χ1n) is 9.98. The van der Waals surface area contributed by atoms with Crippen LogP contribution in [-0.2, 0) is 11.0 Å². The second-order valence-corrected chi connectivity index (χ2v) is 10.8. The first kappa shape index (κ1) is 24.2. The van der Waals surface area contributed by atoms with Gasteiger partial charge in [0.15, 0.2) is 11.0 Å². The van der Waals surface area contributed by atoms with Gasteiger partial charge >= 0.3 is 0 Å². The van der Waals surface area contributed by atoms with Gasteiger partial charge in [0.05, 0.1) is 15.1 Å². The number of nitrogens with two attached hydrogens (primary N) is 3. The maximum atomic E-state index is 12.8. The fourth-order valence-electron chi connectivity index (χ4n) is 3.61. The minimum absolute atomic E-state index is 0.0961. The minimum Gasteiger partial charge on any atom is -0.382 e. The van der Waals surface area contributed by atoms with E-state index in [0.717, 1.165) is 57.5 Å². The molecule has 14 heteroatoms. The molecule has 0 spiro atoms. The summed E-state index contributed by atoms with van der Waals surface area (Å²) < 4.78 is 19.2. The van der Waals surface area contributed by atoms with Crippen molar-refractivity contribution in [3.63, 3.8) is 0 Å². The molecule has 33 heavy (non-hydrogen) atoms. The smallest absolute Gasteiger partial charge is 0.193 e. The third-order valence-corrected chi connectivity index (χ3v) is 8.54. The molecule has 1 atom stereocenters. The van der Waals surface area contributed by atoms with E-state index in [1.165, 1.54) is 23.9 Å². The third kappa shape index (κ3) is 5.27. The van der Waals surface area contributed by atoms with Crippen molar-refractivity contribution >= 4 is 67.4 Å². The third-order valence-electron chi connectivity index (χ3n) is 4.97. The van der Waals surface area contributed by atoms with Gasteiger partial charge in [-0.15, -0.1) is 5.10 Å². The van der Waals surface area contributed by atoms with E-state index in [-0.39, 0.29) is 5.84 Å². The van der Waals surface area contributed by atoms with E-state index >= 15 is 0 Å². The van der Waals surface area contributed by atoms with Crippen molar-refractivity contribution in [2.75, 3.05) is 37.2 Å². The van der Waals surface area contributed by atoms with E-state index < -0.39 is 11.0 Å². The molecule has 9 N–H and O–H groups in total. The van der Waals surface area contributed by atoms with Crippen LogP contribution in [-0.4, -0.2) is 51.8 Å². The summed E-state index contributed by atoms with van der Waals surface area (Å²) in [4.78, 5) is 5.94. The predicted octanol–water partition coefficient (Wildman–Crippen LogP) is 1.63. The summed E-state index contributed by atoms with van der Waals surface area (Å²) in [5.41, 5.74) is 11.4. The van der Waals surface area contributed by atoms with Crippen molar-refractivity contribution in [2.24, 2.45) is 21.8 Å². The molecule has 0 bridgehead atoms. The zero-order valence-corrected chi connectivity index (χ0v) is 21.1. The van der Waals surface area contributed by atoms with Crippen LogP contribution in [0, 0.1) is 0 Å². The van der Waals surface area contributed by atoms with Crippen LogP contribution in [0.4, 0.5) is 5.13 Å². The number of piperazine rings is 1. The van der Waals surface area contributed by atoms with Crippen LogP contribution < -0.4 is 32.3 Å². The Morgan fingerprint density at radius 1 is 1.27 bits per heavy atom. The summed E-state index contributed by atoms with van der Waals surface area (Å²) in [5.74, 6) is 5.53. The number of para-hydroxylation sites is 1. The first-order valence-corrected chi connectivity index (χ1v) is 14.0. The van der Waals surface area contributed by atoms with Crippen molar-refractivity contribution in [1.29, 1.82) is 0 Å². The quantitative estimate of drug-likeness (QED) is 0.0842. The molecule has 0 amide bonds. The lowest BCUT2D eigenvalue weighted by atomic mass is 9.98. The number of anilines is 1. The molecule has 1 aromatic heterocycles. The number of hydrazine groups is 1. The summed E-state index contributed by atoms with van der Waals surface area (Å²) in [6.07, 6.45) is 1.94. The minimum atomic E-state index is -1.82. The van der Waals surface area contributed by atoms with E-state index in [0.29, 0.717) is 10.5 Å². The zero-order valence-electron chi connectivity index (χ0n) is 17.8. The van der Waals surface area contributed by atoms with Crippen molar-refractivity contribution < 1.29 is 4.21 Å². The highest BCUT2D eigenvalue weighted by Gasteiger charge is 2.25. The number of hydrogen-bond acceptors (Lipinski definition) is 11. The number of aromatic nitrogens is 1. The topological polar surface area (TPSA) is 160 Å². The van der Waals surface area contributed by atoms with Crippen molar-refractivity contribution in [1.82, 2.24) is 20.1 Å². The lowest BCUT2D eigenvalue weighted by molar-refractivity contribution is 0.396. The van der Waals surface area contributed by atoms with Crippen LogP contribution in [0.1, 0.15) is 5.56 Å². The number of benzene rings is 2. The maximum Gasteiger partial charge on any atom is 0.193 e. The van der Waals surface area contributed by atoms with Crippen molar-refractivity contribution in [3.05, 3.63) is 35.9 Å². The van der Waals surface area contributed by atoms with E-state index in [4.69, 9.17) is 21.7 Å². The Bertz CT molecular complexity index is 1190. The molecule has 4 rings (SSSR count). The molecule has 0 aliphatic carbocycles. The number of nitrogens with one attached hydrogen (secondary N) is 3. The summed E-state index contributed by atoms with van der Waals surface area (Å²) in [6.45, 7) is 3.49. The maximum absolute atomic E-state index is 12.8. The van der Waals surface area contributed by atoms with Crippen LogP contribution in [0.15, 0.2) is 45.2 Å². The molecule has 2 aromatic carbocycles. The summed E-state index contributed by atoms with van der Waals surface area (Å²) in [5, 5.41) is 14.1. The fourth-order valence-corrected chi connectivity index (χ4v) is 6.99. The van der Waals surface area contributed by atoms with E-state index in [1.54, 1.807) is 11.3 Å². The summed E-state index contributed by atoms with van der Waals surface area (Å²) >= 11 is 4.55. The second-order valence-electron chi connectivity index (χ2n) is 6.99. The molecule has 1 aliphatic heterocycles. The second kappa shape index (κ2) is 11.0. The lowest BCUT2D eigenvalue weighted by Crippen LogP contribution is -2.39. The molecule has 2 heterocycles. The molecule has 1 unspecified atom stereocenters. The van der Waals surface area contributed by atoms with Gasteiger partial charge < -0.3 is 15.8 Å². The molecule has 0 saturated carbocycles. The number of rotatable bonds is 8. The van der Waals surface area contributed by atoms with Crippen LogP contribution in [0.2, 0.25) is 0 Å². The Labute approximate surface area is 207 Å². The fraction of sp³-hybridized carbons (Fsp3) is 0.263. The summed E-state index contributed by atoms with van der Waals surface area (Å²) in [7, 11) is -1.82. The Morgan fingerprint density at radius 2 is 2.06 bits per heavy atom. The van der Waals surface area contributed by atoms with E-state index in [2.05, 4.69) is 25.0 Å². The van der Waals surface area contributed by atoms with Crippen LogP contribution in [0.3, 0.4) is 0 Å². The van der Waals surface area contributed by atoms with Gasteiger partial charge in [-0.1, -0.05) is 41.5 Å². The monoisotopic (exact) mass is 523 g/mol. The normalized spacial score (nSPS) is 16.2. The van der Waals surface area contributed by atoms with Gasteiger partial charge in [-0.2, -0.15) is 0 Å². The summed E-state index contributed by atoms with van der Waals surface area (Å²) in [6, 6.07) is 9.81. The molecular formula is C19H25N9OS4. The number of hydrogen-bond donors (Lipinski definition) is 6. The number of hydrazone groups is 1. The van der Waals surface area contributed by atoms with Crippen molar-refractivity contribution in [3.8, 4) is 11.1 Å². The van der Waals surface area contributed by atoms with Crippen LogP contribution in [0.5, 0.6) is 0 Å². The average Bonchev–Trinajstić information content (AvgIpc) is 3.22. The van der Waals surface area contributed by atoms with Gasteiger partial charge in [-0.3, -0.25) is 0 Å². The molecule has 3 aromatic rings. The van der Waals surface area contributed by atoms with E-state index in [9.17, 15) is 4.21 Å². The standard InChI is InChI=1S/C19H25N9OS4/c1-30-26-19-24-16-12(3-2-4-13(16)31-19)11-5-6-14(32-28-9-7-23-8-10-28)17(33(22)29)15(11)18(20)25-27-21/h2-6,23,27H,7-10,21-22H2,1H3,(H2,20,25)(H,24,26). The number of fused-ring (bicyclic) bond motifs is 1. The molecule has 0 radical (unpaired) electrons. The Hall–Kier alpha value is -1.91. The highest BCUT2D eigenvalue weighted by molar-refractivity contribution is 8.00. The van der Waals surface area contributed by atoms with E-state index in [1.807, 2.05) is 36.6 Å². The first-order chi connectivity index (χ1) is 16.0. The molecule has 1 aliphatic rings. The Kier molecular flexibility index (Phi) is 8.08. The molecule has 1 fully saturated rings. The average molecular weight is 524 g/mol. The number of thiazole rings is 1. The molecule has 10 nitrogen and oxygen atoms in total. The molecule has 176 valence electrons. The number of amidine groups is 1. The van der Waals surface area contributed by atoms with Gasteiger partial charge in [-0.25, -0.2) is 30.0 Å².